The summed E-state index contributed by atoms with van der Waals surface area (Å²) in [6, 6.07) is 21.0. The Morgan fingerprint density at radius 3 is 1.65 bits per heavy atom. The molecular weight excluding hydrogens is 206 g/mol. The molecule has 2 aromatic carbocycles. The number of benzene rings is 2. The molecular formula is C16H18N. The molecule has 0 bridgehead atoms. The topological polar surface area (TPSA) is 3.24 Å². The minimum Gasteiger partial charge on any atom is -0.341 e. The standard InChI is InChI=1S/C16H18N/c1-2-3-14-17(15-10-6-4-7-11-15)16-12-8-5-9-13-16/h4-13H,1-3,14H2. The second kappa shape index (κ2) is 6.09. The van der Waals surface area contributed by atoms with Crippen molar-refractivity contribution in [3.8, 4) is 0 Å². The van der Waals surface area contributed by atoms with Gasteiger partial charge in [0, 0.05) is 17.9 Å². The van der Waals surface area contributed by atoms with Crippen LogP contribution in [0.25, 0.3) is 0 Å². The van der Waals surface area contributed by atoms with Gasteiger partial charge in [0.05, 0.1) is 0 Å². The molecule has 1 nitrogen and oxygen atoms in total. The zero-order valence-electron chi connectivity index (χ0n) is 10.0. The van der Waals surface area contributed by atoms with Gasteiger partial charge in [0.2, 0.25) is 0 Å². The molecule has 0 N–H and O–H groups in total. The van der Waals surface area contributed by atoms with E-state index in [4.69, 9.17) is 0 Å². The van der Waals surface area contributed by atoms with Crippen molar-refractivity contribution in [2.24, 2.45) is 0 Å². The monoisotopic (exact) mass is 224 g/mol. The molecule has 0 unspecified atom stereocenters. The highest BCUT2D eigenvalue weighted by Gasteiger charge is 2.07. The van der Waals surface area contributed by atoms with E-state index < -0.39 is 0 Å². The summed E-state index contributed by atoms with van der Waals surface area (Å²) in [6.07, 6.45) is 2.07. The number of nitrogens with zero attached hydrogens (tertiary/aromatic N) is 1. The minimum atomic E-state index is 0.968. The number of unbranched alkanes of at least 4 members (excludes halogenated alkanes) is 1. The van der Waals surface area contributed by atoms with Crippen LogP contribution >= 0.6 is 0 Å². The Hall–Kier alpha value is -1.76. The van der Waals surface area contributed by atoms with Crippen molar-refractivity contribution >= 4 is 11.4 Å². The summed E-state index contributed by atoms with van der Waals surface area (Å²) in [6.45, 7) is 4.93. The van der Waals surface area contributed by atoms with E-state index >= 15 is 0 Å². The summed E-state index contributed by atoms with van der Waals surface area (Å²) in [7, 11) is 0. The van der Waals surface area contributed by atoms with E-state index in [0.717, 1.165) is 19.4 Å². The molecule has 87 valence electrons. The number of para-hydroxylation sites is 2. The highest BCUT2D eigenvalue weighted by atomic mass is 15.1. The highest BCUT2D eigenvalue weighted by molar-refractivity contribution is 5.62. The van der Waals surface area contributed by atoms with Crippen molar-refractivity contribution in [2.45, 2.75) is 12.8 Å². The molecule has 0 spiro atoms. The van der Waals surface area contributed by atoms with Gasteiger partial charge in [-0.05, 0) is 30.7 Å². The second-order valence-corrected chi connectivity index (χ2v) is 4.03. The van der Waals surface area contributed by atoms with Crippen LogP contribution < -0.4 is 4.90 Å². The summed E-state index contributed by atoms with van der Waals surface area (Å²) in [4.78, 5) is 2.34. The zero-order chi connectivity index (χ0) is 11.9. The third-order valence-corrected chi connectivity index (χ3v) is 2.77. The summed E-state index contributed by atoms with van der Waals surface area (Å²) in [5.41, 5.74) is 2.49. The Kier molecular flexibility index (Phi) is 4.20. The molecule has 0 aromatic heterocycles. The highest BCUT2D eigenvalue weighted by Crippen LogP contribution is 2.24. The normalized spacial score (nSPS) is 10.2. The maximum atomic E-state index is 3.92. The van der Waals surface area contributed by atoms with Crippen LogP contribution in [-0.2, 0) is 0 Å². The van der Waals surface area contributed by atoms with E-state index in [0.29, 0.717) is 0 Å². The van der Waals surface area contributed by atoms with Crippen LogP contribution in [0.5, 0.6) is 0 Å². The van der Waals surface area contributed by atoms with Crippen molar-refractivity contribution in [1.29, 1.82) is 0 Å². The van der Waals surface area contributed by atoms with Gasteiger partial charge in [-0.1, -0.05) is 49.7 Å². The Bertz CT molecular complexity index is 382. The molecule has 0 aliphatic heterocycles. The quantitative estimate of drug-likeness (QED) is 0.725. The summed E-state index contributed by atoms with van der Waals surface area (Å²) >= 11 is 0. The maximum absolute atomic E-state index is 3.92. The van der Waals surface area contributed by atoms with Gasteiger partial charge in [0.1, 0.15) is 0 Å². The molecule has 2 rings (SSSR count). The first-order valence-corrected chi connectivity index (χ1v) is 6.08. The molecule has 0 saturated carbocycles. The lowest BCUT2D eigenvalue weighted by molar-refractivity contribution is 0.824. The van der Waals surface area contributed by atoms with E-state index in [1.54, 1.807) is 0 Å². The van der Waals surface area contributed by atoms with Crippen LogP contribution in [0.15, 0.2) is 60.7 Å². The predicted octanol–water partition coefficient (Wildman–Crippen LogP) is 4.44. The summed E-state index contributed by atoms with van der Waals surface area (Å²) in [5.74, 6) is 0. The first-order valence-electron chi connectivity index (χ1n) is 6.08. The third-order valence-electron chi connectivity index (χ3n) is 2.77. The van der Waals surface area contributed by atoms with Crippen molar-refractivity contribution in [3.63, 3.8) is 0 Å². The van der Waals surface area contributed by atoms with E-state index in [9.17, 15) is 0 Å². The smallest absolute Gasteiger partial charge is 0.0410 e. The lowest BCUT2D eigenvalue weighted by Gasteiger charge is -2.24. The van der Waals surface area contributed by atoms with Crippen molar-refractivity contribution in [3.05, 3.63) is 67.6 Å². The van der Waals surface area contributed by atoms with Gasteiger partial charge in [0.25, 0.3) is 0 Å². The fraction of sp³-hybridized carbons (Fsp3) is 0.188. The van der Waals surface area contributed by atoms with Crippen LogP contribution in [0.1, 0.15) is 12.8 Å². The molecule has 1 radical (unpaired) electrons. The summed E-state index contributed by atoms with van der Waals surface area (Å²) < 4.78 is 0. The Morgan fingerprint density at radius 1 is 0.765 bits per heavy atom. The van der Waals surface area contributed by atoms with Crippen molar-refractivity contribution in [1.82, 2.24) is 0 Å². The fourth-order valence-electron chi connectivity index (χ4n) is 1.89. The molecule has 0 aliphatic carbocycles. The van der Waals surface area contributed by atoms with Crippen LogP contribution in [0.4, 0.5) is 11.4 Å². The van der Waals surface area contributed by atoms with Crippen LogP contribution in [-0.4, -0.2) is 6.54 Å². The predicted molar refractivity (Wildman–Crippen MR) is 74.5 cm³/mol. The zero-order valence-corrected chi connectivity index (χ0v) is 10.0. The van der Waals surface area contributed by atoms with E-state index in [1.807, 2.05) is 12.1 Å². The second-order valence-electron chi connectivity index (χ2n) is 4.03. The molecule has 2 aromatic rings. The average molecular weight is 224 g/mol. The molecule has 0 amide bonds. The number of rotatable bonds is 5. The average Bonchev–Trinajstić information content (AvgIpc) is 2.42. The van der Waals surface area contributed by atoms with Gasteiger partial charge < -0.3 is 4.90 Å². The van der Waals surface area contributed by atoms with Crippen molar-refractivity contribution < 1.29 is 0 Å². The molecule has 0 atom stereocenters. The fourth-order valence-corrected chi connectivity index (χ4v) is 1.89. The third kappa shape index (κ3) is 3.10. The maximum Gasteiger partial charge on any atom is 0.0410 e. The van der Waals surface area contributed by atoms with Crippen LogP contribution in [0.3, 0.4) is 0 Å². The largest absolute Gasteiger partial charge is 0.341 e. The van der Waals surface area contributed by atoms with E-state index in [2.05, 4.69) is 60.4 Å². The van der Waals surface area contributed by atoms with Gasteiger partial charge in [0.15, 0.2) is 0 Å². The van der Waals surface area contributed by atoms with Gasteiger partial charge >= 0.3 is 0 Å². The first-order chi connectivity index (χ1) is 8.42. The Labute approximate surface area is 104 Å². The van der Waals surface area contributed by atoms with Crippen molar-refractivity contribution in [2.75, 3.05) is 11.4 Å². The molecule has 1 heteroatoms. The van der Waals surface area contributed by atoms with Gasteiger partial charge in [-0.2, -0.15) is 0 Å². The lowest BCUT2D eigenvalue weighted by Crippen LogP contribution is -2.17. The number of anilines is 2. The van der Waals surface area contributed by atoms with Gasteiger partial charge in [-0.15, -0.1) is 0 Å². The molecule has 0 heterocycles. The minimum absolute atomic E-state index is 0.968. The molecule has 0 saturated heterocycles. The SMILES string of the molecule is [CH2]CCCN(c1ccccc1)c1ccccc1. The Balaban J connectivity index is 2.26. The van der Waals surface area contributed by atoms with E-state index in [1.165, 1.54) is 11.4 Å². The molecule has 0 aliphatic rings. The van der Waals surface area contributed by atoms with Crippen LogP contribution in [0.2, 0.25) is 0 Å². The van der Waals surface area contributed by atoms with E-state index in [-0.39, 0.29) is 0 Å². The number of hydrogen-bond acceptors (Lipinski definition) is 1. The molecule has 0 fully saturated rings. The molecule has 17 heavy (non-hydrogen) atoms. The first kappa shape index (κ1) is 11.7. The van der Waals surface area contributed by atoms with Gasteiger partial charge in [-0.3, -0.25) is 0 Å². The summed E-state index contributed by atoms with van der Waals surface area (Å²) in [5, 5.41) is 0. The Morgan fingerprint density at radius 2 is 1.24 bits per heavy atom. The lowest BCUT2D eigenvalue weighted by atomic mass is 10.2. The van der Waals surface area contributed by atoms with Crippen LogP contribution in [0, 0.1) is 6.92 Å². The number of hydrogen-bond donors (Lipinski definition) is 0. The van der Waals surface area contributed by atoms with Gasteiger partial charge in [-0.25, -0.2) is 0 Å².